The molecule has 106 valence electrons. The Morgan fingerprint density at radius 2 is 1.95 bits per heavy atom. The third-order valence-corrected chi connectivity index (χ3v) is 3.33. The van der Waals surface area contributed by atoms with Gasteiger partial charge in [-0.3, -0.25) is 0 Å². The highest BCUT2D eigenvalue weighted by Crippen LogP contribution is 2.24. The first-order valence-corrected chi connectivity index (χ1v) is 6.66. The first kappa shape index (κ1) is 14.0. The number of nitrogens with zero attached hydrogens (tertiary/aromatic N) is 1. The number of halogens is 2. The van der Waals surface area contributed by atoms with Gasteiger partial charge in [-0.25, -0.2) is 13.8 Å². The number of rotatable bonds is 4. The van der Waals surface area contributed by atoms with Crippen LogP contribution in [0, 0.1) is 11.6 Å². The Labute approximate surface area is 111 Å². The topological polar surface area (TPSA) is 57.2 Å². The van der Waals surface area contributed by atoms with Gasteiger partial charge < -0.3 is 15.7 Å². The summed E-state index contributed by atoms with van der Waals surface area (Å²) >= 11 is 0. The Kier molecular flexibility index (Phi) is 4.52. The molecule has 1 aromatic heterocycles. The van der Waals surface area contributed by atoms with E-state index in [-0.39, 0.29) is 17.7 Å². The minimum absolute atomic E-state index is 0.0108. The number of pyridine rings is 1. The zero-order valence-corrected chi connectivity index (χ0v) is 10.9. The SMILES string of the molecule is CCNc1nc(NC2CCCCC2O)c(F)cc1F. The average Bonchev–Trinajstić information content (AvgIpc) is 2.38. The molecule has 1 saturated carbocycles. The van der Waals surface area contributed by atoms with Gasteiger partial charge in [0.05, 0.1) is 12.1 Å². The molecule has 1 aromatic rings. The number of anilines is 2. The van der Waals surface area contributed by atoms with E-state index in [1.165, 1.54) is 0 Å². The number of aliphatic hydroxyl groups is 1. The molecule has 1 aliphatic rings. The lowest BCUT2D eigenvalue weighted by atomic mass is 9.92. The quantitative estimate of drug-likeness (QED) is 0.787. The van der Waals surface area contributed by atoms with E-state index in [2.05, 4.69) is 15.6 Å². The molecule has 0 spiro atoms. The standard InChI is InChI=1S/C13H19F2N3O/c1-2-16-12-8(14)7-9(15)13(18-12)17-10-5-3-4-6-11(10)19/h7,10-11,19H,2-6H2,1H3,(H2,16,17,18). The Balaban J connectivity index is 2.16. The van der Waals surface area contributed by atoms with Crippen molar-refractivity contribution in [3.8, 4) is 0 Å². The summed E-state index contributed by atoms with van der Waals surface area (Å²) in [7, 11) is 0. The molecular formula is C13H19F2N3O. The molecule has 1 aliphatic carbocycles. The van der Waals surface area contributed by atoms with Crippen molar-refractivity contribution in [2.45, 2.75) is 44.8 Å². The Hall–Kier alpha value is -1.43. The molecule has 0 aromatic carbocycles. The summed E-state index contributed by atoms with van der Waals surface area (Å²) in [6.07, 6.45) is 2.90. The van der Waals surface area contributed by atoms with Crippen LogP contribution < -0.4 is 10.6 Å². The number of hydrogen-bond donors (Lipinski definition) is 3. The van der Waals surface area contributed by atoms with Crippen LogP contribution in [0.2, 0.25) is 0 Å². The van der Waals surface area contributed by atoms with Crippen LogP contribution in [0.3, 0.4) is 0 Å². The maximum Gasteiger partial charge on any atom is 0.168 e. The fraction of sp³-hybridized carbons (Fsp3) is 0.615. The maximum atomic E-state index is 13.7. The van der Waals surface area contributed by atoms with E-state index in [4.69, 9.17) is 0 Å². The molecule has 0 saturated heterocycles. The van der Waals surface area contributed by atoms with Gasteiger partial charge in [-0.05, 0) is 19.8 Å². The Morgan fingerprint density at radius 1 is 1.26 bits per heavy atom. The molecular weight excluding hydrogens is 252 g/mol. The van der Waals surface area contributed by atoms with Crippen molar-refractivity contribution in [3.05, 3.63) is 17.7 Å². The number of aromatic nitrogens is 1. The summed E-state index contributed by atoms with van der Waals surface area (Å²) < 4.78 is 27.1. The van der Waals surface area contributed by atoms with Crippen LogP contribution in [-0.2, 0) is 0 Å². The van der Waals surface area contributed by atoms with E-state index < -0.39 is 17.7 Å². The fourth-order valence-electron chi connectivity index (χ4n) is 2.31. The number of hydrogen-bond acceptors (Lipinski definition) is 4. The molecule has 0 amide bonds. The van der Waals surface area contributed by atoms with Crippen LogP contribution in [0.5, 0.6) is 0 Å². The lowest BCUT2D eigenvalue weighted by molar-refractivity contribution is 0.116. The molecule has 1 fully saturated rings. The Morgan fingerprint density at radius 3 is 2.63 bits per heavy atom. The lowest BCUT2D eigenvalue weighted by Crippen LogP contribution is -2.36. The van der Waals surface area contributed by atoms with Gasteiger partial charge in [-0.1, -0.05) is 12.8 Å². The second-order valence-electron chi connectivity index (χ2n) is 4.78. The number of aliphatic hydroxyl groups excluding tert-OH is 1. The molecule has 4 nitrogen and oxygen atoms in total. The zero-order chi connectivity index (χ0) is 13.8. The molecule has 0 bridgehead atoms. The summed E-state index contributed by atoms with van der Waals surface area (Å²) in [6, 6.07) is 0.582. The summed E-state index contributed by atoms with van der Waals surface area (Å²) in [5.74, 6) is -1.44. The zero-order valence-electron chi connectivity index (χ0n) is 10.9. The summed E-state index contributed by atoms with van der Waals surface area (Å²) in [4.78, 5) is 3.91. The van der Waals surface area contributed by atoms with Gasteiger partial charge in [0.25, 0.3) is 0 Å². The maximum absolute atomic E-state index is 13.7. The van der Waals surface area contributed by atoms with Crippen molar-refractivity contribution in [3.63, 3.8) is 0 Å². The average molecular weight is 271 g/mol. The van der Waals surface area contributed by atoms with Crippen LogP contribution >= 0.6 is 0 Å². The third kappa shape index (κ3) is 3.32. The van der Waals surface area contributed by atoms with Crippen molar-refractivity contribution < 1.29 is 13.9 Å². The monoisotopic (exact) mass is 271 g/mol. The number of nitrogens with one attached hydrogen (secondary N) is 2. The molecule has 0 aliphatic heterocycles. The lowest BCUT2D eigenvalue weighted by Gasteiger charge is -2.29. The van der Waals surface area contributed by atoms with E-state index in [0.29, 0.717) is 13.0 Å². The second-order valence-corrected chi connectivity index (χ2v) is 4.78. The van der Waals surface area contributed by atoms with E-state index in [9.17, 15) is 13.9 Å². The minimum Gasteiger partial charge on any atom is -0.391 e. The molecule has 2 rings (SSSR count). The van der Waals surface area contributed by atoms with Crippen molar-refractivity contribution in [1.82, 2.24) is 4.98 Å². The predicted octanol–water partition coefficient (Wildman–Crippen LogP) is 2.51. The first-order valence-electron chi connectivity index (χ1n) is 6.66. The van der Waals surface area contributed by atoms with Crippen molar-refractivity contribution in [2.24, 2.45) is 0 Å². The minimum atomic E-state index is -0.739. The van der Waals surface area contributed by atoms with Gasteiger partial charge in [0, 0.05) is 12.6 Å². The van der Waals surface area contributed by atoms with E-state index in [1.807, 2.05) is 6.92 Å². The van der Waals surface area contributed by atoms with E-state index in [1.54, 1.807) is 0 Å². The molecule has 6 heteroatoms. The van der Waals surface area contributed by atoms with E-state index >= 15 is 0 Å². The van der Waals surface area contributed by atoms with Gasteiger partial charge in [0.15, 0.2) is 23.3 Å². The van der Waals surface area contributed by atoms with Crippen LogP contribution in [0.15, 0.2) is 6.07 Å². The fourth-order valence-corrected chi connectivity index (χ4v) is 2.31. The van der Waals surface area contributed by atoms with Gasteiger partial charge in [-0.15, -0.1) is 0 Å². The highest BCUT2D eigenvalue weighted by atomic mass is 19.1. The molecule has 2 atom stereocenters. The smallest absolute Gasteiger partial charge is 0.168 e. The van der Waals surface area contributed by atoms with Gasteiger partial charge >= 0.3 is 0 Å². The van der Waals surface area contributed by atoms with Crippen molar-refractivity contribution in [2.75, 3.05) is 17.2 Å². The normalized spacial score (nSPS) is 23.2. The molecule has 2 unspecified atom stereocenters. The van der Waals surface area contributed by atoms with Crippen LogP contribution in [0.25, 0.3) is 0 Å². The van der Waals surface area contributed by atoms with Crippen LogP contribution in [-0.4, -0.2) is 28.8 Å². The molecule has 1 heterocycles. The van der Waals surface area contributed by atoms with Crippen molar-refractivity contribution in [1.29, 1.82) is 0 Å². The highest BCUT2D eigenvalue weighted by molar-refractivity contribution is 5.48. The third-order valence-electron chi connectivity index (χ3n) is 3.33. The molecule has 3 N–H and O–H groups in total. The summed E-state index contributed by atoms with van der Waals surface area (Å²) in [5, 5.41) is 15.5. The second kappa shape index (κ2) is 6.14. The molecule has 19 heavy (non-hydrogen) atoms. The highest BCUT2D eigenvalue weighted by Gasteiger charge is 2.24. The van der Waals surface area contributed by atoms with Crippen molar-refractivity contribution >= 4 is 11.6 Å². The molecule has 0 radical (unpaired) electrons. The summed E-state index contributed by atoms with van der Waals surface area (Å²) in [6.45, 7) is 2.31. The first-order chi connectivity index (χ1) is 9.11. The summed E-state index contributed by atoms with van der Waals surface area (Å²) in [5.41, 5.74) is 0. The predicted molar refractivity (Wildman–Crippen MR) is 70.2 cm³/mol. The largest absolute Gasteiger partial charge is 0.391 e. The van der Waals surface area contributed by atoms with Crippen LogP contribution in [0.1, 0.15) is 32.6 Å². The Bertz CT molecular complexity index is 442. The van der Waals surface area contributed by atoms with Gasteiger partial charge in [0.1, 0.15) is 0 Å². The van der Waals surface area contributed by atoms with Gasteiger partial charge in [0.2, 0.25) is 0 Å². The van der Waals surface area contributed by atoms with Gasteiger partial charge in [-0.2, -0.15) is 0 Å². The van der Waals surface area contributed by atoms with Crippen LogP contribution in [0.4, 0.5) is 20.4 Å². The van der Waals surface area contributed by atoms with E-state index in [0.717, 1.165) is 25.3 Å².